The summed E-state index contributed by atoms with van der Waals surface area (Å²) in [5.74, 6) is 0. The van der Waals surface area contributed by atoms with E-state index in [1.165, 1.54) is 11.1 Å². The lowest BCUT2D eigenvalue weighted by atomic mass is 9.61. The van der Waals surface area contributed by atoms with E-state index in [1.807, 2.05) is 12.1 Å². The maximum atomic E-state index is 6.24. The van der Waals surface area contributed by atoms with Gasteiger partial charge in [-0.05, 0) is 24.1 Å². The molecule has 0 aliphatic carbocycles. The third kappa shape index (κ3) is 1.27. The van der Waals surface area contributed by atoms with Crippen molar-refractivity contribution < 1.29 is 9.47 Å². The van der Waals surface area contributed by atoms with Gasteiger partial charge in [0.1, 0.15) is 5.60 Å². The van der Waals surface area contributed by atoms with Gasteiger partial charge in [0, 0.05) is 0 Å². The minimum absolute atomic E-state index is 0.171. The third-order valence-electron chi connectivity index (χ3n) is 4.51. The van der Waals surface area contributed by atoms with Gasteiger partial charge in [0.2, 0.25) is 6.29 Å². The van der Waals surface area contributed by atoms with Gasteiger partial charge < -0.3 is 9.47 Å². The molecule has 2 heterocycles. The van der Waals surface area contributed by atoms with Crippen molar-refractivity contribution in [3.63, 3.8) is 0 Å². The molecule has 4 rings (SSSR count). The predicted molar refractivity (Wildman–Crippen MR) is 76.9 cm³/mol. The molecule has 0 unspecified atom stereocenters. The smallest absolute Gasteiger partial charge is 0.212 e. The van der Waals surface area contributed by atoms with Crippen LogP contribution < -0.4 is 0 Å². The fraction of sp³-hybridized carbons (Fsp3) is 0.222. The zero-order valence-corrected chi connectivity index (χ0v) is 11.3. The van der Waals surface area contributed by atoms with Crippen LogP contribution in [0.2, 0.25) is 0 Å². The van der Waals surface area contributed by atoms with Crippen LogP contribution in [0.25, 0.3) is 0 Å². The van der Waals surface area contributed by atoms with Crippen LogP contribution in [0.15, 0.2) is 73.0 Å². The normalized spacial score (nSPS) is 29.4. The second-order valence-electron chi connectivity index (χ2n) is 5.58. The quantitative estimate of drug-likeness (QED) is 0.820. The monoisotopic (exact) mass is 264 g/mol. The summed E-state index contributed by atoms with van der Waals surface area (Å²) < 4.78 is 11.8. The number of hydrogen-bond donors (Lipinski definition) is 0. The maximum absolute atomic E-state index is 6.24. The standard InChI is InChI=1S/C18H16O2/c1-17-12-13-19-16(17)20-18(17,14-8-4-2-5-9-14)15-10-6-3-7-11-15/h2-13,16H,1H3/t16-,17-/m1/s1. The van der Waals surface area contributed by atoms with Gasteiger partial charge >= 0.3 is 0 Å². The van der Waals surface area contributed by atoms with Gasteiger partial charge in [-0.1, -0.05) is 60.7 Å². The van der Waals surface area contributed by atoms with Gasteiger partial charge in [0.05, 0.1) is 11.7 Å². The average Bonchev–Trinajstić information content (AvgIpc) is 2.80. The minimum atomic E-state index is -0.465. The van der Waals surface area contributed by atoms with Crippen LogP contribution in [-0.4, -0.2) is 6.29 Å². The molecule has 2 atom stereocenters. The highest BCUT2D eigenvalue weighted by molar-refractivity contribution is 5.45. The van der Waals surface area contributed by atoms with Crippen molar-refractivity contribution in [1.82, 2.24) is 0 Å². The Bertz CT molecular complexity index is 608. The second kappa shape index (κ2) is 3.97. The van der Waals surface area contributed by atoms with Crippen LogP contribution in [0.5, 0.6) is 0 Å². The summed E-state index contributed by atoms with van der Waals surface area (Å²) >= 11 is 0. The van der Waals surface area contributed by atoms with Crippen molar-refractivity contribution in [3.8, 4) is 0 Å². The molecule has 2 aromatic rings. The molecular weight excluding hydrogens is 248 g/mol. The van der Waals surface area contributed by atoms with Gasteiger partial charge in [0.25, 0.3) is 0 Å². The average molecular weight is 264 g/mol. The number of ether oxygens (including phenoxy) is 2. The van der Waals surface area contributed by atoms with E-state index < -0.39 is 5.60 Å². The molecule has 1 saturated heterocycles. The van der Waals surface area contributed by atoms with E-state index in [0.717, 1.165) is 0 Å². The van der Waals surface area contributed by atoms with Crippen LogP contribution in [-0.2, 0) is 15.1 Å². The zero-order valence-electron chi connectivity index (χ0n) is 11.3. The fourth-order valence-electron chi connectivity index (χ4n) is 3.41. The first-order valence-corrected chi connectivity index (χ1v) is 6.89. The molecule has 0 radical (unpaired) electrons. The number of fused-ring (bicyclic) bond motifs is 1. The SMILES string of the molecule is C[C@@]12C=CO[C@@H]1OC2(c1ccccc1)c1ccccc1. The molecule has 2 aromatic carbocycles. The largest absolute Gasteiger partial charge is 0.472 e. The molecule has 0 amide bonds. The maximum Gasteiger partial charge on any atom is 0.212 e. The number of hydrogen-bond acceptors (Lipinski definition) is 2. The van der Waals surface area contributed by atoms with Gasteiger partial charge in [-0.3, -0.25) is 0 Å². The summed E-state index contributed by atoms with van der Waals surface area (Å²) in [6.07, 6.45) is 3.70. The lowest BCUT2D eigenvalue weighted by Gasteiger charge is -2.58. The molecule has 0 saturated carbocycles. The zero-order chi connectivity index (χ0) is 13.6. The Labute approximate surface area is 118 Å². The van der Waals surface area contributed by atoms with Crippen LogP contribution in [0, 0.1) is 5.41 Å². The van der Waals surface area contributed by atoms with Gasteiger partial charge in [-0.15, -0.1) is 0 Å². The van der Waals surface area contributed by atoms with E-state index in [2.05, 4.69) is 61.5 Å². The first-order valence-electron chi connectivity index (χ1n) is 6.89. The molecule has 0 N–H and O–H groups in total. The third-order valence-corrected chi connectivity index (χ3v) is 4.51. The van der Waals surface area contributed by atoms with Crippen LogP contribution in [0.3, 0.4) is 0 Å². The van der Waals surface area contributed by atoms with Crippen molar-refractivity contribution in [2.24, 2.45) is 5.41 Å². The van der Waals surface area contributed by atoms with Crippen LogP contribution in [0.1, 0.15) is 18.1 Å². The van der Waals surface area contributed by atoms with E-state index in [1.54, 1.807) is 6.26 Å². The lowest BCUT2D eigenvalue weighted by Crippen LogP contribution is -2.63. The fourth-order valence-corrected chi connectivity index (χ4v) is 3.41. The van der Waals surface area contributed by atoms with Gasteiger partial charge in [-0.25, -0.2) is 0 Å². The molecule has 2 heteroatoms. The summed E-state index contributed by atoms with van der Waals surface area (Å²) in [5.41, 5.74) is 1.70. The van der Waals surface area contributed by atoms with E-state index in [-0.39, 0.29) is 11.7 Å². The Morgan fingerprint density at radius 2 is 1.40 bits per heavy atom. The summed E-state index contributed by atoms with van der Waals surface area (Å²) in [7, 11) is 0. The van der Waals surface area contributed by atoms with E-state index >= 15 is 0 Å². The highest BCUT2D eigenvalue weighted by atomic mass is 16.7. The van der Waals surface area contributed by atoms with Gasteiger partial charge in [0.15, 0.2) is 0 Å². The molecule has 2 aliphatic rings. The van der Waals surface area contributed by atoms with E-state index in [9.17, 15) is 0 Å². The highest BCUT2D eigenvalue weighted by Gasteiger charge is 2.68. The van der Waals surface area contributed by atoms with Crippen molar-refractivity contribution in [2.45, 2.75) is 18.8 Å². The Morgan fingerprint density at radius 1 is 0.850 bits per heavy atom. The van der Waals surface area contributed by atoms with E-state index in [0.29, 0.717) is 0 Å². The molecule has 20 heavy (non-hydrogen) atoms. The van der Waals surface area contributed by atoms with E-state index in [4.69, 9.17) is 9.47 Å². The lowest BCUT2D eigenvalue weighted by molar-refractivity contribution is -0.346. The Morgan fingerprint density at radius 3 is 1.90 bits per heavy atom. The summed E-state index contributed by atoms with van der Waals surface area (Å²) in [6.45, 7) is 2.20. The molecule has 100 valence electrons. The number of benzene rings is 2. The summed E-state index contributed by atoms with van der Waals surface area (Å²) in [6, 6.07) is 20.8. The van der Waals surface area contributed by atoms with Gasteiger partial charge in [-0.2, -0.15) is 0 Å². The minimum Gasteiger partial charge on any atom is -0.472 e. The van der Waals surface area contributed by atoms with Crippen LogP contribution in [0.4, 0.5) is 0 Å². The first-order chi connectivity index (χ1) is 9.77. The van der Waals surface area contributed by atoms with Crippen molar-refractivity contribution >= 4 is 0 Å². The topological polar surface area (TPSA) is 18.5 Å². The molecule has 0 bridgehead atoms. The highest BCUT2D eigenvalue weighted by Crippen LogP contribution is 2.62. The Hall–Kier alpha value is -2.06. The second-order valence-corrected chi connectivity index (χ2v) is 5.58. The Kier molecular flexibility index (Phi) is 2.33. The Balaban J connectivity index is 1.94. The molecule has 2 aliphatic heterocycles. The van der Waals surface area contributed by atoms with Crippen molar-refractivity contribution in [1.29, 1.82) is 0 Å². The molecule has 0 spiro atoms. The molecular formula is C18H16O2. The summed E-state index contributed by atoms with van der Waals surface area (Å²) in [4.78, 5) is 0. The predicted octanol–water partition coefficient (Wildman–Crippen LogP) is 3.84. The van der Waals surface area contributed by atoms with Crippen LogP contribution >= 0.6 is 0 Å². The molecule has 1 fully saturated rings. The summed E-state index contributed by atoms with van der Waals surface area (Å²) in [5, 5.41) is 0. The van der Waals surface area contributed by atoms with Crippen molar-refractivity contribution in [2.75, 3.05) is 0 Å². The molecule has 0 aromatic heterocycles. The number of rotatable bonds is 2. The molecule has 2 nitrogen and oxygen atoms in total. The van der Waals surface area contributed by atoms with Crippen molar-refractivity contribution in [3.05, 3.63) is 84.1 Å². The first kappa shape index (κ1) is 11.7.